The Morgan fingerprint density at radius 2 is 2.13 bits per heavy atom. The zero-order valence-corrected chi connectivity index (χ0v) is 7.58. The second-order valence-corrected chi connectivity index (χ2v) is 3.04. The van der Waals surface area contributed by atoms with Crippen molar-refractivity contribution >= 4 is 6.21 Å². The number of hydrogen-bond acceptors (Lipinski definition) is 3. The summed E-state index contributed by atoms with van der Waals surface area (Å²) in [5.41, 5.74) is 1.34. The average molecular weight is 216 g/mol. The van der Waals surface area contributed by atoms with Gasteiger partial charge in [-0.15, -0.1) is 13.2 Å². The number of alkyl halides is 3. The lowest BCUT2D eigenvalue weighted by molar-refractivity contribution is -0.274. The Hall–Kier alpha value is -1.59. The molecule has 0 radical (unpaired) electrons. The summed E-state index contributed by atoms with van der Waals surface area (Å²) in [5.74, 6) is -0.311. The first-order valence-corrected chi connectivity index (χ1v) is 4.29. The Morgan fingerprint density at radius 3 is 2.87 bits per heavy atom. The van der Waals surface area contributed by atoms with Gasteiger partial charge in [-0.1, -0.05) is 0 Å². The number of aliphatic imine (C=N–C) groups is 1. The Labute approximate surface area is 83.6 Å². The van der Waals surface area contributed by atoms with Crippen LogP contribution in [0.1, 0.15) is 11.3 Å². The topological polar surface area (TPSA) is 34.5 Å². The van der Waals surface area contributed by atoms with E-state index in [1.807, 2.05) is 0 Å². The monoisotopic (exact) mass is 216 g/mol. The van der Waals surface area contributed by atoms with Gasteiger partial charge in [0.15, 0.2) is 0 Å². The lowest BCUT2D eigenvalue weighted by Crippen LogP contribution is -2.18. The molecule has 0 aliphatic carbocycles. The first kappa shape index (κ1) is 9.95. The smallest absolute Gasteiger partial charge is 0.404 e. The third-order valence-corrected chi connectivity index (χ3v) is 1.92. The van der Waals surface area contributed by atoms with E-state index in [-0.39, 0.29) is 5.75 Å². The number of aromatic nitrogens is 1. The molecule has 1 aromatic rings. The lowest BCUT2D eigenvalue weighted by Gasteiger charge is -2.12. The van der Waals surface area contributed by atoms with E-state index in [4.69, 9.17) is 0 Å². The molecule has 0 saturated heterocycles. The molecule has 0 N–H and O–H groups in total. The molecule has 0 unspecified atom stereocenters. The van der Waals surface area contributed by atoms with Crippen LogP contribution in [0.25, 0.3) is 0 Å². The summed E-state index contributed by atoms with van der Waals surface area (Å²) in [6.07, 6.45) is -1.44. The highest BCUT2D eigenvalue weighted by atomic mass is 19.4. The second kappa shape index (κ2) is 3.52. The zero-order chi connectivity index (χ0) is 10.9. The van der Waals surface area contributed by atoms with Crippen molar-refractivity contribution in [2.45, 2.75) is 12.8 Å². The van der Waals surface area contributed by atoms with Gasteiger partial charge in [0.05, 0.1) is 11.9 Å². The molecule has 1 aliphatic heterocycles. The molecule has 0 spiro atoms. The highest BCUT2D eigenvalue weighted by Gasteiger charge is 2.31. The van der Waals surface area contributed by atoms with Crippen molar-refractivity contribution in [1.29, 1.82) is 0 Å². The van der Waals surface area contributed by atoms with Crippen LogP contribution >= 0.6 is 0 Å². The molecule has 6 heteroatoms. The van der Waals surface area contributed by atoms with Crippen LogP contribution in [-0.2, 0) is 6.42 Å². The van der Waals surface area contributed by atoms with Gasteiger partial charge in [-0.2, -0.15) is 0 Å². The van der Waals surface area contributed by atoms with Crippen molar-refractivity contribution in [1.82, 2.24) is 4.98 Å². The molecule has 0 atom stereocenters. The molecular formula is C9H7F3N2O. The number of halogens is 3. The number of rotatable bonds is 1. The van der Waals surface area contributed by atoms with E-state index >= 15 is 0 Å². The fraction of sp³-hybridized carbons (Fsp3) is 0.333. The quantitative estimate of drug-likeness (QED) is 0.719. The van der Waals surface area contributed by atoms with E-state index in [1.165, 1.54) is 12.3 Å². The van der Waals surface area contributed by atoms with Gasteiger partial charge >= 0.3 is 6.36 Å². The molecule has 0 amide bonds. The van der Waals surface area contributed by atoms with Gasteiger partial charge in [0.1, 0.15) is 5.75 Å². The standard InChI is InChI=1S/C9H7F3N2O/c10-9(11,12)15-7-3-6-4-13-2-1-8(6)14-5-7/h3-5H,1-2H2. The van der Waals surface area contributed by atoms with Gasteiger partial charge < -0.3 is 4.74 Å². The maximum atomic E-state index is 11.9. The van der Waals surface area contributed by atoms with Gasteiger partial charge in [0, 0.05) is 24.7 Å². The SMILES string of the molecule is FC(F)(F)Oc1cnc2c(c1)C=NCC2. The van der Waals surface area contributed by atoms with E-state index in [9.17, 15) is 13.2 Å². The summed E-state index contributed by atoms with van der Waals surface area (Å²) in [6.45, 7) is 0.624. The highest BCUT2D eigenvalue weighted by molar-refractivity contribution is 5.82. The van der Waals surface area contributed by atoms with Crippen LogP contribution in [0.4, 0.5) is 13.2 Å². The Kier molecular flexibility index (Phi) is 2.34. The summed E-state index contributed by atoms with van der Waals surface area (Å²) in [4.78, 5) is 7.84. The Morgan fingerprint density at radius 1 is 1.33 bits per heavy atom. The summed E-state index contributed by atoms with van der Waals surface area (Å²) < 4.78 is 39.4. The second-order valence-electron chi connectivity index (χ2n) is 3.04. The molecular weight excluding hydrogens is 209 g/mol. The van der Waals surface area contributed by atoms with Crippen molar-refractivity contribution in [3.63, 3.8) is 0 Å². The predicted molar refractivity (Wildman–Crippen MR) is 47.1 cm³/mol. The molecule has 1 aromatic heterocycles. The van der Waals surface area contributed by atoms with Crippen LogP contribution in [-0.4, -0.2) is 24.1 Å². The highest BCUT2D eigenvalue weighted by Crippen LogP contribution is 2.24. The number of hydrogen-bond donors (Lipinski definition) is 0. The molecule has 1 aliphatic rings. The van der Waals surface area contributed by atoms with Crippen molar-refractivity contribution in [3.05, 3.63) is 23.5 Å². The van der Waals surface area contributed by atoms with E-state index in [0.29, 0.717) is 18.5 Å². The number of fused-ring (bicyclic) bond motifs is 1. The third kappa shape index (κ3) is 2.45. The largest absolute Gasteiger partial charge is 0.573 e. The molecule has 80 valence electrons. The third-order valence-electron chi connectivity index (χ3n) is 1.92. The van der Waals surface area contributed by atoms with Crippen LogP contribution in [0, 0.1) is 0 Å². The van der Waals surface area contributed by atoms with Crippen molar-refractivity contribution in [2.75, 3.05) is 6.54 Å². The van der Waals surface area contributed by atoms with Crippen LogP contribution in [0.5, 0.6) is 5.75 Å². The van der Waals surface area contributed by atoms with Crippen molar-refractivity contribution in [2.24, 2.45) is 4.99 Å². The fourth-order valence-electron chi connectivity index (χ4n) is 1.33. The van der Waals surface area contributed by atoms with E-state index in [2.05, 4.69) is 14.7 Å². The minimum absolute atomic E-state index is 0.311. The first-order valence-electron chi connectivity index (χ1n) is 4.29. The zero-order valence-electron chi connectivity index (χ0n) is 7.58. The first-order chi connectivity index (χ1) is 7.04. The van der Waals surface area contributed by atoms with E-state index in [1.54, 1.807) is 0 Å². The molecule has 0 fully saturated rings. The minimum Gasteiger partial charge on any atom is -0.404 e. The predicted octanol–water partition coefficient (Wildman–Crippen LogP) is 1.96. The van der Waals surface area contributed by atoms with Crippen molar-refractivity contribution in [3.8, 4) is 5.75 Å². The van der Waals surface area contributed by atoms with Crippen LogP contribution < -0.4 is 4.74 Å². The minimum atomic E-state index is -4.68. The van der Waals surface area contributed by atoms with Crippen LogP contribution in [0.15, 0.2) is 17.3 Å². The molecule has 3 nitrogen and oxygen atoms in total. The molecule has 15 heavy (non-hydrogen) atoms. The van der Waals surface area contributed by atoms with Gasteiger partial charge in [-0.25, -0.2) is 0 Å². The maximum Gasteiger partial charge on any atom is 0.573 e. The maximum absolute atomic E-state index is 11.9. The number of pyridine rings is 1. The summed E-state index contributed by atoms with van der Waals surface area (Å²) in [7, 11) is 0. The normalized spacial score (nSPS) is 14.9. The summed E-state index contributed by atoms with van der Waals surface area (Å²) in [6, 6.07) is 1.29. The van der Waals surface area contributed by atoms with Gasteiger partial charge in [0.2, 0.25) is 0 Å². The fourth-order valence-corrected chi connectivity index (χ4v) is 1.33. The lowest BCUT2D eigenvalue weighted by atomic mass is 10.1. The summed E-state index contributed by atoms with van der Waals surface area (Å²) in [5, 5.41) is 0. The molecule has 0 saturated carbocycles. The van der Waals surface area contributed by atoms with Crippen LogP contribution in [0.3, 0.4) is 0 Å². The van der Waals surface area contributed by atoms with Crippen molar-refractivity contribution < 1.29 is 17.9 Å². The number of nitrogens with zero attached hydrogens (tertiary/aromatic N) is 2. The van der Waals surface area contributed by atoms with Gasteiger partial charge in [-0.3, -0.25) is 9.98 Å². The van der Waals surface area contributed by atoms with Gasteiger partial charge in [0.25, 0.3) is 0 Å². The Balaban J connectivity index is 2.26. The molecule has 2 heterocycles. The number of ether oxygens (including phenoxy) is 1. The molecule has 0 aromatic carbocycles. The molecule has 2 rings (SSSR count). The average Bonchev–Trinajstić information content (AvgIpc) is 2.15. The van der Waals surface area contributed by atoms with E-state index in [0.717, 1.165) is 11.9 Å². The Bertz CT molecular complexity index is 401. The molecule has 0 bridgehead atoms. The van der Waals surface area contributed by atoms with Crippen LogP contribution in [0.2, 0.25) is 0 Å². The van der Waals surface area contributed by atoms with Gasteiger partial charge in [-0.05, 0) is 6.07 Å². The van der Waals surface area contributed by atoms with E-state index < -0.39 is 6.36 Å². The summed E-state index contributed by atoms with van der Waals surface area (Å²) >= 11 is 0.